The minimum absolute atomic E-state index is 0.0381. The van der Waals surface area contributed by atoms with Crippen LogP contribution in [-0.4, -0.2) is 48.2 Å². The Kier molecular flexibility index (Phi) is 4.67. The van der Waals surface area contributed by atoms with Gasteiger partial charge in [-0.3, -0.25) is 4.90 Å². The Morgan fingerprint density at radius 2 is 1.77 bits per heavy atom. The number of rotatable bonds is 3. The highest BCUT2D eigenvalue weighted by Crippen LogP contribution is 2.29. The van der Waals surface area contributed by atoms with Crippen molar-refractivity contribution in [2.24, 2.45) is 11.8 Å². The van der Waals surface area contributed by atoms with Crippen molar-refractivity contribution in [3.8, 4) is 0 Å². The van der Waals surface area contributed by atoms with E-state index in [9.17, 15) is 4.79 Å². The van der Waals surface area contributed by atoms with Gasteiger partial charge in [0.05, 0.1) is 6.10 Å². The van der Waals surface area contributed by atoms with Gasteiger partial charge in [0.25, 0.3) is 0 Å². The monoisotopic (exact) mass is 302 g/mol. The lowest BCUT2D eigenvalue weighted by atomic mass is 9.84. The van der Waals surface area contributed by atoms with E-state index in [2.05, 4.69) is 35.2 Å². The highest BCUT2D eigenvalue weighted by Gasteiger charge is 2.36. The molecule has 4 heteroatoms. The van der Waals surface area contributed by atoms with Crippen LogP contribution in [-0.2, 0) is 11.3 Å². The first-order valence-corrected chi connectivity index (χ1v) is 8.32. The van der Waals surface area contributed by atoms with Crippen LogP contribution >= 0.6 is 0 Å². The molecule has 2 fully saturated rings. The Bertz CT molecular complexity index is 489. The molecule has 22 heavy (non-hydrogen) atoms. The van der Waals surface area contributed by atoms with Gasteiger partial charge < -0.3 is 9.64 Å². The molecule has 3 rings (SSSR count). The Labute approximate surface area is 133 Å². The first kappa shape index (κ1) is 15.3. The first-order valence-electron chi connectivity index (χ1n) is 8.32. The largest absolute Gasteiger partial charge is 0.447 e. The van der Waals surface area contributed by atoms with Crippen molar-refractivity contribution in [1.82, 2.24) is 9.80 Å². The standard InChI is InChI=1S/C18H26N2O2/c1-14(2)22-18(21)20-12-16-8-17(13-20)11-19(10-16)9-15-6-4-3-5-7-15/h3-7,14,16-17H,8-13H2,1-2H3. The van der Waals surface area contributed by atoms with E-state index >= 15 is 0 Å². The maximum Gasteiger partial charge on any atom is 0.410 e. The number of likely N-dealkylation sites (tertiary alicyclic amines) is 2. The summed E-state index contributed by atoms with van der Waals surface area (Å²) in [5, 5.41) is 0. The molecule has 2 unspecified atom stereocenters. The minimum atomic E-state index is -0.138. The third-order valence-corrected chi connectivity index (χ3v) is 4.50. The number of benzene rings is 1. The molecule has 2 atom stereocenters. The number of ether oxygens (including phenoxy) is 1. The van der Waals surface area contributed by atoms with E-state index in [-0.39, 0.29) is 12.2 Å². The smallest absolute Gasteiger partial charge is 0.410 e. The van der Waals surface area contributed by atoms with E-state index in [1.807, 2.05) is 18.7 Å². The van der Waals surface area contributed by atoms with Crippen molar-refractivity contribution in [1.29, 1.82) is 0 Å². The fourth-order valence-corrected chi connectivity index (χ4v) is 3.78. The Hall–Kier alpha value is -1.55. The van der Waals surface area contributed by atoms with Crippen molar-refractivity contribution < 1.29 is 9.53 Å². The number of hydrogen-bond acceptors (Lipinski definition) is 3. The number of amides is 1. The molecule has 0 N–H and O–H groups in total. The number of carbonyl (C=O) groups excluding carboxylic acids is 1. The lowest BCUT2D eigenvalue weighted by Gasteiger charge is -2.45. The van der Waals surface area contributed by atoms with Gasteiger partial charge in [0.2, 0.25) is 0 Å². The summed E-state index contributed by atoms with van der Waals surface area (Å²) < 4.78 is 5.35. The molecule has 1 amide bonds. The van der Waals surface area contributed by atoms with Crippen LogP contribution in [0.5, 0.6) is 0 Å². The van der Waals surface area contributed by atoms with Crippen LogP contribution < -0.4 is 0 Å². The average molecular weight is 302 g/mol. The summed E-state index contributed by atoms with van der Waals surface area (Å²) in [5.74, 6) is 1.16. The maximum atomic E-state index is 12.1. The van der Waals surface area contributed by atoms with E-state index in [0.717, 1.165) is 32.7 Å². The van der Waals surface area contributed by atoms with Crippen molar-refractivity contribution in [2.45, 2.75) is 32.9 Å². The lowest BCUT2D eigenvalue weighted by Crippen LogP contribution is -2.54. The van der Waals surface area contributed by atoms with Gasteiger partial charge in [0.1, 0.15) is 0 Å². The van der Waals surface area contributed by atoms with Crippen molar-refractivity contribution in [3.05, 3.63) is 35.9 Å². The first-order chi connectivity index (χ1) is 10.6. The predicted octanol–water partition coefficient (Wildman–Crippen LogP) is 2.99. The summed E-state index contributed by atoms with van der Waals surface area (Å²) >= 11 is 0. The molecule has 2 saturated heterocycles. The van der Waals surface area contributed by atoms with Gasteiger partial charge in [-0.1, -0.05) is 30.3 Å². The highest BCUT2D eigenvalue weighted by molar-refractivity contribution is 5.68. The van der Waals surface area contributed by atoms with Crippen LogP contribution in [0.2, 0.25) is 0 Å². The quantitative estimate of drug-likeness (QED) is 0.860. The fourth-order valence-electron chi connectivity index (χ4n) is 3.78. The van der Waals surface area contributed by atoms with E-state index in [1.54, 1.807) is 0 Å². The van der Waals surface area contributed by atoms with Gasteiger partial charge in [-0.2, -0.15) is 0 Å². The summed E-state index contributed by atoms with van der Waals surface area (Å²) in [7, 11) is 0. The molecule has 2 aliphatic heterocycles. The second kappa shape index (κ2) is 6.69. The van der Waals surface area contributed by atoms with Crippen molar-refractivity contribution >= 4 is 6.09 Å². The zero-order valence-electron chi connectivity index (χ0n) is 13.6. The number of hydrogen-bond donors (Lipinski definition) is 0. The van der Waals surface area contributed by atoms with E-state index in [4.69, 9.17) is 4.74 Å². The minimum Gasteiger partial charge on any atom is -0.447 e. The van der Waals surface area contributed by atoms with Gasteiger partial charge in [-0.15, -0.1) is 0 Å². The molecule has 0 spiro atoms. The Morgan fingerprint density at radius 1 is 1.14 bits per heavy atom. The molecule has 0 saturated carbocycles. The lowest BCUT2D eigenvalue weighted by molar-refractivity contribution is 0.0118. The molecule has 4 nitrogen and oxygen atoms in total. The second-order valence-corrected chi connectivity index (χ2v) is 6.98. The van der Waals surface area contributed by atoms with Gasteiger partial charge >= 0.3 is 6.09 Å². The van der Waals surface area contributed by atoms with Crippen LogP contribution in [0, 0.1) is 11.8 Å². The summed E-state index contributed by atoms with van der Waals surface area (Å²) in [6.07, 6.45) is 1.07. The molecule has 0 radical (unpaired) electrons. The SMILES string of the molecule is CC(C)OC(=O)N1CC2CC(CN(Cc3ccccc3)C2)C1. The highest BCUT2D eigenvalue weighted by atomic mass is 16.6. The molecular weight excluding hydrogens is 276 g/mol. The number of carbonyl (C=O) groups is 1. The number of fused-ring (bicyclic) bond motifs is 2. The van der Waals surface area contributed by atoms with Gasteiger partial charge in [0, 0.05) is 32.7 Å². The summed E-state index contributed by atoms with van der Waals surface area (Å²) in [6.45, 7) is 8.67. The van der Waals surface area contributed by atoms with Gasteiger partial charge in [-0.05, 0) is 37.7 Å². The van der Waals surface area contributed by atoms with Crippen LogP contribution in [0.15, 0.2) is 30.3 Å². The number of nitrogens with zero attached hydrogens (tertiary/aromatic N) is 2. The summed E-state index contributed by atoms with van der Waals surface area (Å²) in [4.78, 5) is 16.6. The van der Waals surface area contributed by atoms with Crippen LogP contribution in [0.4, 0.5) is 4.79 Å². The molecule has 0 aliphatic carbocycles. The summed E-state index contributed by atoms with van der Waals surface area (Å²) in [6, 6.07) is 10.6. The van der Waals surface area contributed by atoms with E-state index < -0.39 is 0 Å². The molecule has 0 aromatic heterocycles. The van der Waals surface area contributed by atoms with Crippen LogP contribution in [0.3, 0.4) is 0 Å². The molecule has 2 heterocycles. The summed E-state index contributed by atoms with van der Waals surface area (Å²) in [5.41, 5.74) is 1.37. The third-order valence-electron chi connectivity index (χ3n) is 4.50. The number of piperidine rings is 2. The molecule has 2 aliphatic rings. The normalized spacial score (nSPS) is 25.3. The zero-order chi connectivity index (χ0) is 15.5. The topological polar surface area (TPSA) is 32.8 Å². The van der Waals surface area contributed by atoms with Crippen LogP contribution in [0.1, 0.15) is 25.8 Å². The molecule has 120 valence electrons. The average Bonchev–Trinajstić information content (AvgIpc) is 2.46. The van der Waals surface area contributed by atoms with E-state index in [1.165, 1.54) is 12.0 Å². The van der Waals surface area contributed by atoms with Crippen molar-refractivity contribution in [2.75, 3.05) is 26.2 Å². The zero-order valence-corrected chi connectivity index (χ0v) is 13.6. The molecular formula is C18H26N2O2. The Morgan fingerprint density at radius 3 is 2.36 bits per heavy atom. The maximum absolute atomic E-state index is 12.1. The molecule has 1 aromatic carbocycles. The molecule has 2 bridgehead atoms. The molecule has 1 aromatic rings. The second-order valence-electron chi connectivity index (χ2n) is 6.98. The third kappa shape index (κ3) is 3.80. The predicted molar refractivity (Wildman–Crippen MR) is 86.5 cm³/mol. The van der Waals surface area contributed by atoms with Crippen molar-refractivity contribution in [3.63, 3.8) is 0 Å². The van der Waals surface area contributed by atoms with Gasteiger partial charge in [0.15, 0.2) is 0 Å². The fraction of sp³-hybridized carbons (Fsp3) is 0.611. The van der Waals surface area contributed by atoms with E-state index in [0.29, 0.717) is 11.8 Å². The van der Waals surface area contributed by atoms with Crippen LogP contribution in [0.25, 0.3) is 0 Å². The van der Waals surface area contributed by atoms with Gasteiger partial charge in [-0.25, -0.2) is 4.79 Å². The Balaban J connectivity index is 1.56.